The average molecular weight is 250 g/mol. The predicted octanol–water partition coefficient (Wildman–Crippen LogP) is 2.10. The first-order chi connectivity index (χ1) is 8.43. The third-order valence-corrected chi connectivity index (χ3v) is 2.41. The molecule has 18 heavy (non-hydrogen) atoms. The van der Waals surface area contributed by atoms with Crippen molar-refractivity contribution in [2.45, 2.75) is 13.8 Å². The second kappa shape index (κ2) is 5.35. The number of hydrogen-bond acceptors (Lipinski definition) is 5. The zero-order valence-corrected chi connectivity index (χ0v) is 10.0. The Morgan fingerprint density at radius 3 is 1.56 bits per heavy atom. The molecule has 5 heteroatoms. The van der Waals surface area contributed by atoms with Crippen LogP contribution in [-0.2, 0) is 0 Å². The molecule has 0 fully saturated rings. The fourth-order valence-electron chi connectivity index (χ4n) is 1.44. The second-order valence-corrected chi connectivity index (χ2v) is 4.13. The van der Waals surface area contributed by atoms with Crippen molar-refractivity contribution in [3.05, 3.63) is 22.8 Å². The molecule has 0 bridgehead atoms. The monoisotopic (exact) mass is 250 g/mol. The Hall–Kier alpha value is -2.30. The minimum absolute atomic E-state index is 0.0642. The van der Waals surface area contributed by atoms with Gasteiger partial charge in [0, 0.05) is 0 Å². The van der Waals surface area contributed by atoms with Crippen molar-refractivity contribution in [1.82, 2.24) is 0 Å². The minimum atomic E-state index is -0.725. The summed E-state index contributed by atoms with van der Waals surface area (Å²) < 4.78 is 0. The maximum Gasteiger partial charge on any atom is 0.157 e. The van der Waals surface area contributed by atoms with E-state index in [-0.39, 0.29) is 24.1 Å². The van der Waals surface area contributed by atoms with Crippen LogP contribution in [-0.4, -0.2) is 27.9 Å². The van der Waals surface area contributed by atoms with Crippen LogP contribution in [0.4, 0.5) is 0 Å². The Bertz CT molecular complexity index is 480. The highest BCUT2D eigenvalue weighted by atomic mass is 16.3. The van der Waals surface area contributed by atoms with Crippen LogP contribution in [0.25, 0.3) is 6.08 Å². The molecule has 1 rings (SSSR count). The lowest BCUT2D eigenvalue weighted by molar-refractivity contribution is 0.111. The molecule has 0 saturated heterocycles. The van der Waals surface area contributed by atoms with Crippen molar-refractivity contribution in [1.29, 1.82) is 0 Å². The van der Waals surface area contributed by atoms with E-state index >= 15 is 0 Å². The number of rotatable bonds is 4. The van der Waals surface area contributed by atoms with Gasteiger partial charge in [-0.15, -0.1) is 0 Å². The largest absolute Gasteiger partial charge is 0.506 e. The Kier molecular flexibility index (Phi) is 4.09. The lowest BCUT2D eigenvalue weighted by atomic mass is 10.00. The van der Waals surface area contributed by atoms with Crippen LogP contribution >= 0.6 is 0 Å². The van der Waals surface area contributed by atoms with Gasteiger partial charge in [0.2, 0.25) is 0 Å². The summed E-state index contributed by atoms with van der Waals surface area (Å²) in [6, 6.07) is 0. The molecule has 0 aromatic heterocycles. The molecule has 96 valence electrons. The highest BCUT2D eigenvalue weighted by Gasteiger charge is 2.21. The van der Waals surface area contributed by atoms with Gasteiger partial charge in [0.15, 0.2) is 12.6 Å². The summed E-state index contributed by atoms with van der Waals surface area (Å²) in [5, 5.41) is 29.1. The normalized spacial score (nSPS) is 11.1. The first-order valence-electron chi connectivity index (χ1n) is 5.33. The Morgan fingerprint density at radius 2 is 1.22 bits per heavy atom. The third kappa shape index (κ3) is 2.34. The van der Waals surface area contributed by atoms with E-state index in [2.05, 4.69) is 0 Å². The number of benzene rings is 1. The number of allylic oxidation sites excluding steroid dienone is 1. The number of phenolic OH excluding ortho intramolecular Hbond substituents is 3. The molecule has 0 heterocycles. The van der Waals surface area contributed by atoms with E-state index in [9.17, 15) is 24.9 Å². The number of phenols is 3. The molecule has 0 aliphatic carbocycles. The van der Waals surface area contributed by atoms with Crippen LogP contribution in [0, 0.1) is 5.92 Å². The SMILES string of the molecule is CC(C)/C=C/c1c(O)c(C=O)c(O)c(C=O)c1O. The van der Waals surface area contributed by atoms with Crippen molar-refractivity contribution < 1.29 is 24.9 Å². The topological polar surface area (TPSA) is 94.8 Å². The van der Waals surface area contributed by atoms with Gasteiger partial charge in [-0.25, -0.2) is 0 Å². The molecular formula is C13H14O5. The van der Waals surface area contributed by atoms with Gasteiger partial charge in [0.1, 0.15) is 17.2 Å². The highest BCUT2D eigenvalue weighted by Crippen LogP contribution is 2.40. The van der Waals surface area contributed by atoms with E-state index in [1.165, 1.54) is 6.08 Å². The first kappa shape index (κ1) is 13.8. The van der Waals surface area contributed by atoms with Gasteiger partial charge in [0.05, 0.1) is 16.7 Å². The van der Waals surface area contributed by atoms with Crippen molar-refractivity contribution in [3.8, 4) is 17.2 Å². The smallest absolute Gasteiger partial charge is 0.157 e. The molecule has 1 aromatic carbocycles. The maximum absolute atomic E-state index is 10.8. The highest BCUT2D eigenvalue weighted by molar-refractivity contribution is 5.96. The fourth-order valence-corrected chi connectivity index (χ4v) is 1.44. The molecule has 3 N–H and O–H groups in total. The van der Waals surface area contributed by atoms with Crippen molar-refractivity contribution >= 4 is 18.6 Å². The molecule has 0 amide bonds. The molecule has 0 radical (unpaired) electrons. The van der Waals surface area contributed by atoms with Gasteiger partial charge >= 0.3 is 0 Å². The van der Waals surface area contributed by atoms with Crippen LogP contribution in [0.5, 0.6) is 17.2 Å². The van der Waals surface area contributed by atoms with E-state index in [0.29, 0.717) is 0 Å². The number of hydrogen-bond donors (Lipinski definition) is 3. The van der Waals surface area contributed by atoms with Gasteiger partial charge in [-0.2, -0.15) is 0 Å². The van der Waals surface area contributed by atoms with E-state index in [1.54, 1.807) is 6.08 Å². The second-order valence-electron chi connectivity index (χ2n) is 4.13. The van der Waals surface area contributed by atoms with Gasteiger partial charge in [0.25, 0.3) is 0 Å². The maximum atomic E-state index is 10.8. The van der Waals surface area contributed by atoms with Crippen LogP contribution in [0.3, 0.4) is 0 Å². The van der Waals surface area contributed by atoms with Gasteiger partial charge in [-0.05, 0) is 5.92 Å². The predicted molar refractivity (Wildman–Crippen MR) is 66.1 cm³/mol. The Labute approximate surface area is 104 Å². The van der Waals surface area contributed by atoms with Crippen molar-refractivity contribution in [2.75, 3.05) is 0 Å². The van der Waals surface area contributed by atoms with Crippen LogP contribution in [0.1, 0.15) is 40.1 Å². The summed E-state index contributed by atoms with van der Waals surface area (Å²) in [5.74, 6) is -1.68. The van der Waals surface area contributed by atoms with E-state index < -0.39 is 28.4 Å². The number of aromatic hydroxyl groups is 3. The molecule has 5 nitrogen and oxygen atoms in total. The number of aldehydes is 2. The molecule has 0 spiro atoms. The molecule has 0 unspecified atom stereocenters. The Morgan fingerprint density at radius 1 is 0.833 bits per heavy atom. The lowest BCUT2D eigenvalue weighted by Gasteiger charge is -2.10. The summed E-state index contributed by atoms with van der Waals surface area (Å²) in [5.41, 5.74) is -0.901. The fraction of sp³-hybridized carbons (Fsp3) is 0.231. The van der Waals surface area contributed by atoms with Crippen LogP contribution < -0.4 is 0 Å². The van der Waals surface area contributed by atoms with Crippen molar-refractivity contribution in [2.24, 2.45) is 5.92 Å². The summed E-state index contributed by atoms with van der Waals surface area (Å²) in [4.78, 5) is 21.6. The lowest BCUT2D eigenvalue weighted by Crippen LogP contribution is -1.94. The molecule has 0 aliphatic heterocycles. The quantitative estimate of drug-likeness (QED) is 0.711. The Balaban J connectivity index is 3.60. The molecular weight excluding hydrogens is 236 g/mol. The van der Waals surface area contributed by atoms with Crippen LogP contribution in [0.2, 0.25) is 0 Å². The zero-order valence-electron chi connectivity index (χ0n) is 10.0. The van der Waals surface area contributed by atoms with E-state index in [0.717, 1.165) is 0 Å². The molecule has 1 aromatic rings. The standard InChI is InChI=1S/C13H14O5/c1-7(2)3-4-8-11(16)9(5-14)13(18)10(6-15)12(8)17/h3-7,16-18H,1-2H3/b4-3+. The molecule has 0 saturated carbocycles. The third-order valence-electron chi connectivity index (χ3n) is 2.41. The molecule has 0 atom stereocenters. The zero-order chi connectivity index (χ0) is 13.9. The number of carbonyl (C=O) groups is 2. The van der Waals surface area contributed by atoms with Gasteiger partial charge in [-0.3, -0.25) is 9.59 Å². The van der Waals surface area contributed by atoms with Gasteiger partial charge in [-0.1, -0.05) is 26.0 Å². The van der Waals surface area contributed by atoms with E-state index in [1.807, 2.05) is 13.8 Å². The van der Waals surface area contributed by atoms with Crippen molar-refractivity contribution in [3.63, 3.8) is 0 Å². The summed E-state index contributed by atoms with van der Waals surface area (Å²) in [7, 11) is 0. The average Bonchev–Trinajstić information content (AvgIpc) is 2.29. The first-order valence-corrected chi connectivity index (χ1v) is 5.33. The summed E-state index contributed by atoms with van der Waals surface area (Å²) in [6.07, 6.45) is 3.53. The minimum Gasteiger partial charge on any atom is -0.506 e. The van der Waals surface area contributed by atoms with E-state index in [4.69, 9.17) is 0 Å². The van der Waals surface area contributed by atoms with Crippen LogP contribution in [0.15, 0.2) is 6.08 Å². The summed E-state index contributed by atoms with van der Waals surface area (Å²) >= 11 is 0. The van der Waals surface area contributed by atoms with Gasteiger partial charge < -0.3 is 15.3 Å². The molecule has 0 aliphatic rings. The number of carbonyl (C=O) groups excluding carboxylic acids is 2. The summed E-state index contributed by atoms with van der Waals surface area (Å²) in [6.45, 7) is 3.76.